The number of halogens is 1. The lowest BCUT2D eigenvalue weighted by molar-refractivity contribution is 0.0463. The van der Waals surface area contributed by atoms with Crippen LogP contribution in [-0.4, -0.2) is 11.1 Å². The number of carbonyl (C=O) groups excluding carboxylic acids is 1. The molecule has 0 saturated carbocycles. The molecule has 0 unspecified atom stereocenters. The van der Waals surface area contributed by atoms with Crippen molar-refractivity contribution in [2.45, 2.75) is 6.61 Å². The van der Waals surface area contributed by atoms with Crippen molar-refractivity contribution in [3.63, 3.8) is 0 Å². The Morgan fingerprint density at radius 3 is 2.59 bits per heavy atom. The highest BCUT2D eigenvalue weighted by Gasteiger charge is 2.13. The van der Waals surface area contributed by atoms with Gasteiger partial charge in [0.15, 0.2) is 5.76 Å². The summed E-state index contributed by atoms with van der Waals surface area (Å²) < 4.78 is 11.2. The van der Waals surface area contributed by atoms with E-state index in [2.05, 4.69) is 21.1 Å². The van der Waals surface area contributed by atoms with Gasteiger partial charge in [0.2, 0.25) is 0 Å². The molecule has 0 radical (unpaired) electrons. The molecule has 0 fully saturated rings. The normalized spacial score (nSPS) is 10.4. The summed E-state index contributed by atoms with van der Waals surface area (Å²) in [6.07, 6.45) is 0. The molecule has 0 amide bonds. The van der Waals surface area contributed by atoms with Crippen LogP contribution in [-0.2, 0) is 11.3 Å². The molecule has 22 heavy (non-hydrogen) atoms. The van der Waals surface area contributed by atoms with Crippen LogP contribution < -0.4 is 0 Å². The maximum absolute atomic E-state index is 12.0. The third kappa shape index (κ3) is 3.26. The number of benzene rings is 2. The van der Waals surface area contributed by atoms with E-state index in [1.54, 1.807) is 24.3 Å². The van der Waals surface area contributed by atoms with Gasteiger partial charge in [-0.3, -0.25) is 0 Å². The second kappa shape index (κ2) is 6.58. The third-order valence-corrected chi connectivity index (χ3v) is 3.75. The van der Waals surface area contributed by atoms with Crippen LogP contribution in [0.1, 0.15) is 16.1 Å². The number of aromatic nitrogens is 1. The van der Waals surface area contributed by atoms with Crippen molar-refractivity contribution >= 4 is 21.9 Å². The number of ether oxygens (including phenoxy) is 1. The summed E-state index contributed by atoms with van der Waals surface area (Å²) in [6, 6.07) is 18.5. The van der Waals surface area contributed by atoms with Gasteiger partial charge in [-0.2, -0.15) is 0 Å². The van der Waals surface area contributed by atoms with E-state index in [0.717, 1.165) is 5.56 Å². The molecule has 0 aliphatic heterocycles. The maximum Gasteiger partial charge on any atom is 0.339 e. The first kappa shape index (κ1) is 14.5. The van der Waals surface area contributed by atoms with E-state index in [9.17, 15) is 4.79 Å². The fourth-order valence-electron chi connectivity index (χ4n) is 1.96. The summed E-state index contributed by atoms with van der Waals surface area (Å²) in [5.41, 5.74) is 1.98. The minimum absolute atomic E-state index is 0.0660. The van der Waals surface area contributed by atoms with Gasteiger partial charge >= 0.3 is 5.97 Å². The number of hydrogen-bond donors (Lipinski definition) is 0. The number of hydrogen-bond acceptors (Lipinski definition) is 4. The molecule has 0 saturated heterocycles. The zero-order chi connectivity index (χ0) is 15.4. The Labute approximate surface area is 135 Å². The van der Waals surface area contributed by atoms with Gasteiger partial charge in [0.25, 0.3) is 0 Å². The van der Waals surface area contributed by atoms with Gasteiger partial charge < -0.3 is 9.26 Å². The highest BCUT2D eigenvalue weighted by molar-refractivity contribution is 9.10. The van der Waals surface area contributed by atoms with Crippen molar-refractivity contribution in [3.05, 3.63) is 76.4 Å². The molecule has 110 valence electrons. The number of nitrogens with zero attached hydrogens (tertiary/aromatic N) is 1. The van der Waals surface area contributed by atoms with Gasteiger partial charge in [-0.05, 0) is 28.1 Å². The Morgan fingerprint density at radius 2 is 1.82 bits per heavy atom. The largest absolute Gasteiger partial charge is 0.455 e. The highest BCUT2D eigenvalue weighted by atomic mass is 79.9. The van der Waals surface area contributed by atoms with Crippen LogP contribution >= 0.6 is 15.9 Å². The summed E-state index contributed by atoms with van der Waals surface area (Å²) in [4.78, 5) is 12.0. The monoisotopic (exact) mass is 357 g/mol. The standard InChI is InChI=1S/C17H12BrNO3/c18-15-9-5-4-8-14(15)17(20)21-11-13-10-16(22-19-13)12-6-2-1-3-7-12/h1-10H,11H2. The van der Waals surface area contributed by atoms with E-state index < -0.39 is 5.97 Å². The fourth-order valence-corrected chi connectivity index (χ4v) is 2.41. The zero-order valence-electron chi connectivity index (χ0n) is 11.5. The summed E-state index contributed by atoms with van der Waals surface area (Å²) in [5.74, 6) is 0.240. The summed E-state index contributed by atoms with van der Waals surface area (Å²) >= 11 is 3.32. The number of rotatable bonds is 4. The molecule has 1 heterocycles. The molecule has 4 nitrogen and oxygen atoms in total. The maximum atomic E-state index is 12.0. The predicted molar refractivity (Wildman–Crippen MR) is 85.2 cm³/mol. The van der Waals surface area contributed by atoms with Gasteiger partial charge in [-0.15, -0.1) is 0 Å². The molecular weight excluding hydrogens is 346 g/mol. The van der Waals surface area contributed by atoms with Crippen molar-refractivity contribution in [2.24, 2.45) is 0 Å². The van der Waals surface area contributed by atoms with Crippen LogP contribution in [0.15, 0.2) is 69.7 Å². The Hall–Kier alpha value is -2.40. The van der Waals surface area contributed by atoms with Crippen molar-refractivity contribution in [2.75, 3.05) is 0 Å². The second-order valence-electron chi connectivity index (χ2n) is 4.60. The minimum Gasteiger partial charge on any atom is -0.455 e. The molecule has 0 spiro atoms. The van der Waals surface area contributed by atoms with E-state index >= 15 is 0 Å². The minimum atomic E-state index is -0.406. The molecule has 3 rings (SSSR count). The molecule has 2 aromatic carbocycles. The van der Waals surface area contributed by atoms with E-state index in [4.69, 9.17) is 9.26 Å². The van der Waals surface area contributed by atoms with Crippen molar-refractivity contribution < 1.29 is 14.1 Å². The fraction of sp³-hybridized carbons (Fsp3) is 0.0588. The van der Waals surface area contributed by atoms with Crippen molar-refractivity contribution in [1.29, 1.82) is 0 Å². The number of carbonyl (C=O) groups is 1. The SMILES string of the molecule is O=C(OCc1cc(-c2ccccc2)on1)c1ccccc1Br. The lowest BCUT2D eigenvalue weighted by Crippen LogP contribution is -2.06. The van der Waals surface area contributed by atoms with E-state index in [-0.39, 0.29) is 6.61 Å². The number of esters is 1. The van der Waals surface area contributed by atoms with Crippen LogP contribution in [0.5, 0.6) is 0 Å². The van der Waals surface area contributed by atoms with Crippen LogP contribution in [0, 0.1) is 0 Å². The van der Waals surface area contributed by atoms with Crippen LogP contribution in [0.2, 0.25) is 0 Å². The Bertz CT molecular complexity index is 783. The molecule has 0 bridgehead atoms. The Kier molecular flexibility index (Phi) is 4.34. The first-order chi connectivity index (χ1) is 10.7. The Morgan fingerprint density at radius 1 is 1.09 bits per heavy atom. The Balaban J connectivity index is 1.67. The van der Waals surface area contributed by atoms with Gasteiger partial charge in [0, 0.05) is 16.1 Å². The van der Waals surface area contributed by atoms with Gasteiger partial charge in [0.05, 0.1) is 5.56 Å². The predicted octanol–water partition coefficient (Wildman–Crippen LogP) is 4.46. The van der Waals surface area contributed by atoms with E-state index in [1.807, 2.05) is 36.4 Å². The van der Waals surface area contributed by atoms with E-state index in [0.29, 0.717) is 21.5 Å². The molecule has 0 aliphatic carbocycles. The van der Waals surface area contributed by atoms with Crippen molar-refractivity contribution in [3.8, 4) is 11.3 Å². The lowest BCUT2D eigenvalue weighted by Gasteiger charge is -2.03. The van der Waals surface area contributed by atoms with Gasteiger partial charge in [-0.1, -0.05) is 47.6 Å². The van der Waals surface area contributed by atoms with Crippen LogP contribution in [0.4, 0.5) is 0 Å². The summed E-state index contributed by atoms with van der Waals surface area (Å²) in [5, 5.41) is 3.92. The first-order valence-electron chi connectivity index (χ1n) is 6.67. The zero-order valence-corrected chi connectivity index (χ0v) is 13.1. The van der Waals surface area contributed by atoms with Gasteiger partial charge in [0.1, 0.15) is 12.3 Å². The molecular formula is C17H12BrNO3. The van der Waals surface area contributed by atoms with Crippen LogP contribution in [0.25, 0.3) is 11.3 Å². The highest BCUT2D eigenvalue weighted by Crippen LogP contribution is 2.21. The average molecular weight is 358 g/mol. The third-order valence-electron chi connectivity index (χ3n) is 3.06. The molecule has 3 aromatic rings. The van der Waals surface area contributed by atoms with Crippen molar-refractivity contribution in [1.82, 2.24) is 5.16 Å². The quantitative estimate of drug-likeness (QED) is 0.646. The molecule has 1 aromatic heterocycles. The summed E-state index contributed by atoms with van der Waals surface area (Å²) in [6.45, 7) is 0.0660. The smallest absolute Gasteiger partial charge is 0.339 e. The first-order valence-corrected chi connectivity index (χ1v) is 7.46. The second-order valence-corrected chi connectivity index (χ2v) is 5.46. The topological polar surface area (TPSA) is 52.3 Å². The summed E-state index contributed by atoms with van der Waals surface area (Å²) in [7, 11) is 0. The lowest BCUT2D eigenvalue weighted by atomic mass is 10.2. The van der Waals surface area contributed by atoms with Gasteiger partial charge in [-0.25, -0.2) is 4.79 Å². The molecule has 5 heteroatoms. The van der Waals surface area contributed by atoms with E-state index in [1.165, 1.54) is 0 Å². The van der Waals surface area contributed by atoms with Crippen LogP contribution in [0.3, 0.4) is 0 Å². The molecule has 0 atom stereocenters. The molecule has 0 aliphatic rings. The average Bonchev–Trinajstić information content (AvgIpc) is 3.03. The molecule has 0 N–H and O–H groups in total.